The third-order valence-corrected chi connectivity index (χ3v) is 6.21. The SMILES string of the molecule is CC(C)[C@@H](NC(=O)c1ccc(F)cc1)C(=O)Nc1ccc(S(=O)(=O)NC2CC2)cc1. The summed E-state index contributed by atoms with van der Waals surface area (Å²) in [6, 6.07) is 10.0. The quantitative estimate of drug-likeness (QED) is 0.595. The maximum Gasteiger partial charge on any atom is 0.251 e. The molecule has 0 spiro atoms. The molecule has 0 bridgehead atoms. The molecule has 0 saturated heterocycles. The zero-order valence-corrected chi connectivity index (χ0v) is 17.5. The molecule has 2 aromatic carbocycles. The summed E-state index contributed by atoms with van der Waals surface area (Å²) in [5.41, 5.74) is 0.652. The van der Waals surface area contributed by atoms with Gasteiger partial charge in [-0.15, -0.1) is 0 Å². The Bertz CT molecular complexity index is 1020. The normalized spacial score (nSPS) is 14.9. The number of anilines is 1. The van der Waals surface area contributed by atoms with Gasteiger partial charge in [-0.25, -0.2) is 17.5 Å². The van der Waals surface area contributed by atoms with E-state index in [2.05, 4.69) is 15.4 Å². The van der Waals surface area contributed by atoms with Crippen molar-refractivity contribution in [3.63, 3.8) is 0 Å². The molecule has 1 aliphatic rings. The van der Waals surface area contributed by atoms with Crippen LogP contribution in [0, 0.1) is 11.7 Å². The van der Waals surface area contributed by atoms with Crippen LogP contribution in [0.5, 0.6) is 0 Å². The monoisotopic (exact) mass is 433 g/mol. The zero-order valence-electron chi connectivity index (χ0n) is 16.7. The average molecular weight is 434 g/mol. The van der Waals surface area contributed by atoms with Crippen LogP contribution >= 0.6 is 0 Å². The lowest BCUT2D eigenvalue weighted by molar-refractivity contribution is -0.118. The van der Waals surface area contributed by atoms with Crippen molar-refractivity contribution >= 4 is 27.5 Å². The number of benzene rings is 2. The Morgan fingerprint density at radius 3 is 2.13 bits per heavy atom. The molecule has 160 valence electrons. The molecule has 7 nitrogen and oxygen atoms in total. The molecule has 0 aromatic heterocycles. The number of carbonyl (C=O) groups excluding carboxylic acids is 2. The Morgan fingerprint density at radius 1 is 1.00 bits per heavy atom. The number of sulfonamides is 1. The lowest BCUT2D eigenvalue weighted by atomic mass is 10.0. The smallest absolute Gasteiger partial charge is 0.251 e. The van der Waals surface area contributed by atoms with Crippen molar-refractivity contribution in [1.82, 2.24) is 10.0 Å². The highest BCUT2D eigenvalue weighted by atomic mass is 32.2. The highest BCUT2D eigenvalue weighted by Crippen LogP contribution is 2.23. The van der Waals surface area contributed by atoms with Crippen LogP contribution < -0.4 is 15.4 Å². The minimum Gasteiger partial charge on any atom is -0.340 e. The standard InChI is InChI=1S/C21H24FN3O4S/c1-13(2)19(24-20(26)14-3-5-15(22)6-4-14)21(27)23-16-9-11-18(12-10-16)30(28,29)25-17-7-8-17/h3-6,9-13,17,19,25H,7-8H2,1-2H3,(H,23,27)(H,24,26)/t19-/m1/s1. The van der Waals surface area contributed by atoms with Crippen molar-refractivity contribution in [1.29, 1.82) is 0 Å². The van der Waals surface area contributed by atoms with Gasteiger partial charge in [0.15, 0.2) is 0 Å². The Hall–Kier alpha value is -2.78. The minimum atomic E-state index is -3.57. The predicted octanol–water partition coefficient (Wildman–Crippen LogP) is 2.66. The van der Waals surface area contributed by atoms with Crippen molar-refractivity contribution < 1.29 is 22.4 Å². The fourth-order valence-electron chi connectivity index (χ4n) is 2.79. The van der Waals surface area contributed by atoms with Crippen LogP contribution in [0.1, 0.15) is 37.0 Å². The first-order valence-electron chi connectivity index (χ1n) is 9.65. The van der Waals surface area contributed by atoms with E-state index in [9.17, 15) is 22.4 Å². The number of halogens is 1. The second-order valence-corrected chi connectivity index (χ2v) is 9.33. The number of hydrogen-bond donors (Lipinski definition) is 3. The van der Waals surface area contributed by atoms with E-state index in [0.717, 1.165) is 12.8 Å². The molecule has 1 atom stereocenters. The summed E-state index contributed by atoms with van der Waals surface area (Å²) in [7, 11) is -3.57. The maximum absolute atomic E-state index is 13.0. The Balaban J connectivity index is 1.65. The topological polar surface area (TPSA) is 104 Å². The van der Waals surface area contributed by atoms with Gasteiger partial charge in [-0.05, 0) is 67.3 Å². The summed E-state index contributed by atoms with van der Waals surface area (Å²) in [6.07, 6.45) is 1.68. The summed E-state index contributed by atoms with van der Waals surface area (Å²) in [5.74, 6) is -1.59. The molecule has 1 saturated carbocycles. The van der Waals surface area contributed by atoms with Crippen LogP contribution in [0.4, 0.5) is 10.1 Å². The molecule has 0 unspecified atom stereocenters. The summed E-state index contributed by atoms with van der Waals surface area (Å²) >= 11 is 0. The molecular formula is C21H24FN3O4S. The Labute approximate surface area is 175 Å². The van der Waals surface area contributed by atoms with Crippen LogP contribution in [0.3, 0.4) is 0 Å². The van der Waals surface area contributed by atoms with Crippen molar-refractivity contribution in [2.75, 3.05) is 5.32 Å². The third-order valence-electron chi connectivity index (χ3n) is 4.67. The number of rotatable bonds is 8. The Morgan fingerprint density at radius 2 is 1.60 bits per heavy atom. The van der Waals surface area contributed by atoms with Gasteiger partial charge in [0.2, 0.25) is 15.9 Å². The van der Waals surface area contributed by atoms with Gasteiger partial charge in [0.25, 0.3) is 5.91 Å². The molecule has 3 rings (SSSR count). The molecule has 0 radical (unpaired) electrons. The van der Waals surface area contributed by atoms with Crippen LogP contribution in [-0.4, -0.2) is 32.3 Å². The van der Waals surface area contributed by atoms with Crippen LogP contribution in [0.2, 0.25) is 0 Å². The van der Waals surface area contributed by atoms with Crippen molar-refractivity contribution in [2.45, 2.75) is 43.7 Å². The molecule has 2 aromatic rings. The van der Waals surface area contributed by atoms with E-state index in [1.807, 2.05) is 0 Å². The first-order chi connectivity index (χ1) is 14.2. The van der Waals surface area contributed by atoms with Crippen molar-refractivity contribution in [2.24, 2.45) is 5.92 Å². The first-order valence-corrected chi connectivity index (χ1v) is 11.1. The maximum atomic E-state index is 13.0. The molecule has 9 heteroatoms. The summed E-state index contributed by atoms with van der Waals surface area (Å²) < 4.78 is 40.1. The van der Waals surface area contributed by atoms with Gasteiger partial charge in [0.05, 0.1) is 4.90 Å². The molecular weight excluding hydrogens is 409 g/mol. The first kappa shape index (κ1) is 21.9. The minimum absolute atomic E-state index is 0.00546. The molecule has 0 aliphatic heterocycles. The van der Waals surface area contributed by atoms with Gasteiger partial charge >= 0.3 is 0 Å². The van der Waals surface area contributed by atoms with Gasteiger partial charge in [-0.3, -0.25) is 9.59 Å². The number of hydrogen-bond acceptors (Lipinski definition) is 4. The highest BCUT2D eigenvalue weighted by molar-refractivity contribution is 7.89. The average Bonchev–Trinajstić information content (AvgIpc) is 3.49. The van der Waals surface area contributed by atoms with E-state index in [-0.39, 0.29) is 22.4 Å². The lowest BCUT2D eigenvalue weighted by Gasteiger charge is -2.22. The zero-order chi connectivity index (χ0) is 21.9. The fraction of sp³-hybridized carbons (Fsp3) is 0.333. The van der Waals surface area contributed by atoms with Gasteiger partial charge in [0.1, 0.15) is 11.9 Å². The number of amides is 2. The summed E-state index contributed by atoms with van der Waals surface area (Å²) in [5, 5.41) is 5.35. The van der Waals surface area contributed by atoms with Crippen LogP contribution in [0.15, 0.2) is 53.4 Å². The molecule has 30 heavy (non-hydrogen) atoms. The molecule has 3 N–H and O–H groups in total. The second-order valence-electron chi connectivity index (χ2n) is 7.61. The summed E-state index contributed by atoms with van der Waals surface area (Å²) in [6.45, 7) is 3.57. The molecule has 0 heterocycles. The van der Waals surface area contributed by atoms with E-state index in [1.54, 1.807) is 13.8 Å². The van der Waals surface area contributed by atoms with E-state index >= 15 is 0 Å². The molecule has 2 amide bonds. The van der Waals surface area contributed by atoms with E-state index in [4.69, 9.17) is 0 Å². The second kappa shape index (κ2) is 8.93. The van der Waals surface area contributed by atoms with Gasteiger partial charge in [0, 0.05) is 17.3 Å². The Kier molecular flexibility index (Phi) is 6.52. The van der Waals surface area contributed by atoms with Gasteiger partial charge in [-0.1, -0.05) is 13.8 Å². The van der Waals surface area contributed by atoms with Gasteiger partial charge in [-0.2, -0.15) is 0 Å². The predicted molar refractivity (Wildman–Crippen MR) is 111 cm³/mol. The summed E-state index contributed by atoms with van der Waals surface area (Å²) in [4.78, 5) is 25.2. The molecule has 1 fully saturated rings. The third kappa shape index (κ3) is 5.64. The van der Waals surface area contributed by atoms with E-state index in [0.29, 0.717) is 5.69 Å². The highest BCUT2D eigenvalue weighted by Gasteiger charge is 2.28. The van der Waals surface area contributed by atoms with Crippen molar-refractivity contribution in [3.05, 3.63) is 59.9 Å². The van der Waals surface area contributed by atoms with Gasteiger partial charge < -0.3 is 10.6 Å². The molecule has 1 aliphatic carbocycles. The van der Waals surface area contributed by atoms with Crippen LogP contribution in [0.25, 0.3) is 0 Å². The lowest BCUT2D eigenvalue weighted by Crippen LogP contribution is -2.47. The number of carbonyl (C=O) groups is 2. The van der Waals surface area contributed by atoms with Crippen molar-refractivity contribution in [3.8, 4) is 0 Å². The number of nitrogens with one attached hydrogen (secondary N) is 3. The largest absolute Gasteiger partial charge is 0.340 e. The van der Waals surface area contributed by atoms with E-state index < -0.39 is 33.7 Å². The van der Waals surface area contributed by atoms with E-state index in [1.165, 1.54) is 48.5 Å². The fourth-order valence-corrected chi connectivity index (χ4v) is 4.09. The van der Waals surface area contributed by atoms with Crippen LogP contribution in [-0.2, 0) is 14.8 Å².